The Hall–Kier alpha value is -1.39. The topological polar surface area (TPSA) is 35.6 Å². The van der Waals surface area contributed by atoms with Gasteiger partial charge in [0.1, 0.15) is 0 Å². The highest BCUT2D eigenvalue weighted by atomic mass is 16.2. The van der Waals surface area contributed by atoms with Crippen molar-refractivity contribution in [1.29, 1.82) is 0 Å². The largest absolute Gasteiger partial charge is 0.348 e. The first kappa shape index (κ1) is 16.0. The third-order valence-corrected chi connectivity index (χ3v) is 4.17. The Bertz CT molecular complexity index is 435. The number of nitrogens with one attached hydrogen (secondary N) is 1. The van der Waals surface area contributed by atoms with Crippen molar-refractivity contribution >= 4 is 5.91 Å². The fraction of sp³-hybridized carbons (Fsp3) is 0.588. The Morgan fingerprint density at radius 1 is 1.14 bits per heavy atom. The summed E-state index contributed by atoms with van der Waals surface area (Å²) in [4.78, 5) is 16.9. The molecule has 1 aliphatic rings. The smallest absolute Gasteiger partial charge is 0.234 e. The van der Waals surface area contributed by atoms with E-state index in [0.717, 1.165) is 44.7 Å². The first-order valence-electron chi connectivity index (χ1n) is 7.98. The van der Waals surface area contributed by atoms with E-state index in [2.05, 4.69) is 34.2 Å². The minimum Gasteiger partial charge on any atom is -0.348 e. The molecule has 0 bridgehead atoms. The van der Waals surface area contributed by atoms with Crippen molar-refractivity contribution in [2.45, 2.75) is 26.3 Å². The minimum atomic E-state index is 0.0674. The summed E-state index contributed by atoms with van der Waals surface area (Å²) in [7, 11) is 0. The Kier molecular flexibility index (Phi) is 6.21. The molecule has 0 unspecified atom stereocenters. The number of amides is 1. The number of carbonyl (C=O) groups is 1. The second kappa shape index (κ2) is 8.15. The van der Waals surface area contributed by atoms with Gasteiger partial charge in [-0.05, 0) is 38.5 Å². The van der Waals surface area contributed by atoms with Crippen LogP contribution in [0.5, 0.6) is 0 Å². The van der Waals surface area contributed by atoms with E-state index in [1.165, 1.54) is 0 Å². The molecule has 0 aliphatic carbocycles. The van der Waals surface area contributed by atoms with Crippen LogP contribution in [0, 0.1) is 0 Å². The number of carbonyl (C=O) groups excluding carboxylic acids is 1. The third-order valence-electron chi connectivity index (χ3n) is 4.17. The van der Waals surface area contributed by atoms with E-state index in [9.17, 15) is 4.79 Å². The quantitative estimate of drug-likeness (QED) is 0.899. The van der Waals surface area contributed by atoms with Gasteiger partial charge < -0.3 is 10.2 Å². The van der Waals surface area contributed by atoms with E-state index in [1.807, 2.05) is 25.1 Å². The Morgan fingerprint density at radius 3 is 2.52 bits per heavy atom. The molecule has 1 fully saturated rings. The highest BCUT2D eigenvalue weighted by Gasteiger charge is 2.17. The lowest BCUT2D eigenvalue weighted by Crippen LogP contribution is -2.40. The first-order chi connectivity index (χ1) is 10.2. The number of nitrogens with zero attached hydrogens (tertiary/aromatic N) is 2. The molecule has 1 aromatic carbocycles. The molecular formula is C17H27N3O. The van der Waals surface area contributed by atoms with Crippen molar-refractivity contribution in [3.63, 3.8) is 0 Å². The van der Waals surface area contributed by atoms with Gasteiger partial charge in [0.15, 0.2) is 0 Å². The van der Waals surface area contributed by atoms with Crippen LogP contribution < -0.4 is 5.32 Å². The summed E-state index contributed by atoms with van der Waals surface area (Å²) < 4.78 is 0. The summed E-state index contributed by atoms with van der Waals surface area (Å²) in [6.07, 6.45) is 1.15. The predicted octanol–water partition coefficient (Wildman–Crippen LogP) is 1.89. The number of hydrogen-bond donors (Lipinski definition) is 1. The molecule has 4 nitrogen and oxygen atoms in total. The predicted molar refractivity (Wildman–Crippen MR) is 86.2 cm³/mol. The monoisotopic (exact) mass is 289 g/mol. The lowest BCUT2D eigenvalue weighted by Gasteiger charge is -2.22. The summed E-state index contributed by atoms with van der Waals surface area (Å²) in [6.45, 7) is 10.1. The summed E-state index contributed by atoms with van der Waals surface area (Å²) in [5.41, 5.74) is 1.15. The lowest BCUT2D eigenvalue weighted by atomic mass is 10.1. The van der Waals surface area contributed by atoms with Gasteiger partial charge in [-0.15, -0.1) is 0 Å². The maximum atomic E-state index is 12.2. The number of rotatable bonds is 5. The van der Waals surface area contributed by atoms with Crippen LogP contribution in [0.1, 0.15) is 31.9 Å². The molecule has 4 heteroatoms. The molecule has 1 aromatic rings. The minimum absolute atomic E-state index is 0.0674. The lowest BCUT2D eigenvalue weighted by molar-refractivity contribution is -0.122. The average molecular weight is 289 g/mol. The van der Waals surface area contributed by atoms with E-state index in [1.54, 1.807) is 0 Å². The summed E-state index contributed by atoms with van der Waals surface area (Å²) in [5.74, 6) is 0.122. The van der Waals surface area contributed by atoms with Crippen LogP contribution in [-0.2, 0) is 4.79 Å². The van der Waals surface area contributed by atoms with Crippen LogP contribution in [0.3, 0.4) is 0 Å². The van der Waals surface area contributed by atoms with Crippen molar-refractivity contribution in [3.05, 3.63) is 35.9 Å². The molecule has 1 amide bonds. The van der Waals surface area contributed by atoms with Crippen LogP contribution in [0.15, 0.2) is 30.3 Å². The van der Waals surface area contributed by atoms with Crippen LogP contribution in [0.2, 0.25) is 0 Å². The number of hydrogen-bond acceptors (Lipinski definition) is 3. The SMILES string of the molecule is CCN1CCCN(CC(=O)N[C@@H](C)c2ccccc2)CC1. The second-order valence-corrected chi connectivity index (χ2v) is 5.76. The van der Waals surface area contributed by atoms with Gasteiger partial charge >= 0.3 is 0 Å². The normalized spacial score (nSPS) is 19.0. The molecule has 21 heavy (non-hydrogen) atoms. The van der Waals surface area contributed by atoms with Gasteiger partial charge in [0, 0.05) is 13.1 Å². The maximum Gasteiger partial charge on any atom is 0.234 e. The van der Waals surface area contributed by atoms with Gasteiger partial charge in [-0.25, -0.2) is 0 Å². The third kappa shape index (κ3) is 5.14. The van der Waals surface area contributed by atoms with E-state index < -0.39 is 0 Å². The van der Waals surface area contributed by atoms with Gasteiger partial charge in [-0.3, -0.25) is 9.69 Å². The van der Waals surface area contributed by atoms with E-state index in [0.29, 0.717) is 6.54 Å². The molecule has 0 aromatic heterocycles. The van der Waals surface area contributed by atoms with Crippen molar-refractivity contribution in [3.8, 4) is 0 Å². The van der Waals surface area contributed by atoms with Gasteiger partial charge in [0.05, 0.1) is 12.6 Å². The molecule has 1 atom stereocenters. The van der Waals surface area contributed by atoms with Crippen LogP contribution in [0.25, 0.3) is 0 Å². The molecule has 1 saturated heterocycles. The van der Waals surface area contributed by atoms with Crippen molar-refractivity contribution in [2.75, 3.05) is 39.3 Å². The Labute approximate surface area is 128 Å². The molecule has 2 rings (SSSR count). The zero-order valence-corrected chi connectivity index (χ0v) is 13.2. The van der Waals surface area contributed by atoms with Crippen LogP contribution in [-0.4, -0.2) is 55.0 Å². The first-order valence-corrected chi connectivity index (χ1v) is 7.98. The molecule has 0 radical (unpaired) electrons. The number of benzene rings is 1. The average Bonchev–Trinajstić information content (AvgIpc) is 2.73. The van der Waals surface area contributed by atoms with Gasteiger partial charge in [-0.1, -0.05) is 37.3 Å². The van der Waals surface area contributed by atoms with Crippen molar-refractivity contribution < 1.29 is 4.79 Å². The highest BCUT2D eigenvalue weighted by molar-refractivity contribution is 5.78. The molecular weight excluding hydrogens is 262 g/mol. The maximum absolute atomic E-state index is 12.2. The van der Waals surface area contributed by atoms with E-state index in [-0.39, 0.29) is 11.9 Å². The zero-order valence-electron chi connectivity index (χ0n) is 13.2. The summed E-state index contributed by atoms with van der Waals surface area (Å²) >= 11 is 0. The second-order valence-electron chi connectivity index (χ2n) is 5.76. The Morgan fingerprint density at radius 2 is 1.81 bits per heavy atom. The highest BCUT2D eigenvalue weighted by Crippen LogP contribution is 2.11. The molecule has 116 valence electrons. The van der Waals surface area contributed by atoms with Gasteiger partial charge in [0.25, 0.3) is 0 Å². The number of likely N-dealkylation sites (N-methyl/N-ethyl adjacent to an activating group) is 1. The standard InChI is InChI=1S/C17H27N3O/c1-3-19-10-7-11-20(13-12-19)14-17(21)18-15(2)16-8-5-4-6-9-16/h4-6,8-9,15H,3,7,10-14H2,1-2H3,(H,18,21)/t15-/m0/s1. The summed E-state index contributed by atoms with van der Waals surface area (Å²) in [6, 6.07) is 10.2. The van der Waals surface area contributed by atoms with E-state index >= 15 is 0 Å². The van der Waals surface area contributed by atoms with Crippen molar-refractivity contribution in [1.82, 2.24) is 15.1 Å². The fourth-order valence-electron chi connectivity index (χ4n) is 2.81. The molecule has 1 N–H and O–H groups in total. The molecule has 0 spiro atoms. The van der Waals surface area contributed by atoms with Gasteiger partial charge in [-0.2, -0.15) is 0 Å². The van der Waals surface area contributed by atoms with Gasteiger partial charge in [0.2, 0.25) is 5.91 Å². The van der Waals surface area contributed by atoms with E-state index in [4.69, 9.17) is 0 Å². The van der Waals surface area contributed by atoms with Crippen molar-refractivity contribution in [2.24, 2.45) is 0 Å². The van der Waals surface area contributed by atoms with Crippen LogP contribution in [0.4, 0.5) is 0 Å². The molecule has 1 heterocycles. The van der Waals surface area contributed by atoms with Crippen LogP contribution >= 0.6 is 0 Å². The molecule has 1 aliphatic heterocycles. The molecule has 0 saturated carbocycles. The summed E-state index contributed by atoms with van der Waals surface area (Å²) in [5, 5.41) is 3.09. The Balaban J connectivity index is 1.79. The fourth-order valence-corrected chi connectivity index (χ4v) is 2.81. The zero-order chi connectivity index (χ0) is 15.1.